The maximum Gasteiger partial charge on any atom is 0.403 e. The van der Waals surface area contributed by atoms with Gasteiger partial charge in [0.15, 0.2) is 0 Å². The zero-order chi connectivity index (χ0) is 20.5. The Morgan fingerprint density at radius 2 is 1.90 bits per heavy atom. The first kappa shape index (κ1) is 18.4. The fourth-order valence-corrected chi connectivity index (χ4v) is 3.01. The number of H-pyrrole nitrogens is 1. The Labute approximate surface area is 164 Å². The molecule has 146 valence electrons. The van der Waals surface area contributed by atoms with Crippen molar-refractivity contribution >= 4 is 17.1 Å². The summed E-state index contributed by atoms with van der Waals surface area (Å²) in [6.07, 6.45) is 3.27. The van der Waals surface area contributed by atoms with Gasteiger partial charge >= 0.3 is 11.6 Å². The van der Waals surface area contributed by atoms with Gasteiger partial charge in [-0.1, -0.05) is 30.3 Å². The Bertz CT molecular complexity index is 1350. The molecule has 0 spiro atoms. The number of hydrogen-bond donors (Lipinski definition) is 1. The third-order valence-corrected chi connectivity index (χ3v) is 4.62. The average molecular weight is 390 g/mol. The lowest BCUT2D eigenvalue weighted by Crippen LogP contribution is -2.36. The summed E-state index contributed by atoms with van der Waals surface area (Å²) in [6.45, 7) is 0.289. The number of pyridine rings is 1. The summed E-state index contributed by atoms with van der Waals surface area (Å²) < 4.78 is 3.88. The number of nitrogens with zero attached hydrogens (tertiary/aromatic N) is 5. The van der Waals surface area contributed by atoms with Crippen LogP contribution < -0.4 is 20.9 Å². The van der Waals surface area contributed by atoms with E-state index in [9.17, 15) is 14.7 Å². The fourth-order valence-electron chi connectivity index (χ4n) is 3.01. The summed E-state index contributed by atoms with van der Waals surface area (Å²) in [5.74, 6) is -0.0429. The van der Waals surface area contributed by atoms with Crippen LogP contribution in [0.1, 0.15) is 11.1 Å². The summed E-state index contributed by atoms with van der Waals surface area (Å²) in [5, 5.41) is 12.5. The number of aliphatic imine (C=N–C) groups is 1. The summed E-state index contributed by atoms with van der Waals surface area (Å²) in [6, 6.07) is 12.8. The van der Waals surface area contributed by atoms with Crippen LogP contribution in [0.5, 0.6) is 0 Å². The minimum Gasteiger partial charge on any atom is -0.858 e. The van der Waals surface area contributed by atoms with Crippen LogP contribution in [0.2, 0.25) is 0 Å². The maximum absolute atomic E-state index is 12.5. The zero-order valence-electron chi connectivity index (χ0n) is 15.9. The molecule has 3 aromatic heterocycles. The van der Waals surface area contributed by atoms with Crippen LogP contribution in [0.3, 0.4) is 0 Å². The van der Waals surface area contributed by atoms with Gasteiger partial charge in [0.05, 0.1) is 18.9 Å². The predicted octanol–water partition coefficient (Wildman–Crippen LogP) is -0.456. The number of fused-ring (bicyclic) bond motifs is 1. The monoisotopic (exact) mass is 390 g/mol. The van der Waals surface area contributed by atoms with E-state index in [0.29, 0.717) is 11.5 Å². The highest BCUT2D eigenvalue weighted by Crippen LogP contribution is 2.06. The van der Waals surface area contributed by atoms with Crippen LogP contribution in [-0.2, 0) is 20.6 Å². The normalized spacial score (nSPS) is 11.9. The molecule has 0 radical (unpaired) electrons. The van der Waals surface area contributed by atoms with E-state index in [1.54, 1.807) is 36.1 Å². The molecule has 4 rings (SSSR count). The van der Waals surface area contributed by atoms with E-state index >= 15 is 0 Å². The smallest absolute Gasteiger partial charge is 0.403 e. The first-order valence-electron chi connectivity index (χ1n) is 8.89. The quantitative estimate of drug-likeness (QED) is 0.289. The van der Waals surface area contributed by atoms with Gasteiger partial charge < -0.3 is 5.11 Å². The van der Waals surface area contributed by atoms with Crippen molar-refractivity contribution in [2.24, 2.45) is 19.1 Å². The lowest BCUT2D eigenvalue weighted by atomic mass is 10.2. The first-order valence-corrected chi connectivity index (χ1v) is 8.89. The average Bonchev–Trinajstić information content (AvgIpc) is 3.21. The van der Waals surface area contributed by atoms with Crippen LogP contribution >= 0.6 is 0 Å². The molecule has 0 saturated heterocycles. The molecule has 1 N–H and O–H groups in total. The zero-order valence-corrected chi connectivity index (χ0v) is 15.9. The van der Waals surface area contributed by atoms with E-state index in [1.165, 1.54) is 11.6 Å². The number of hydrogen-bond acceptors (Lipinski definition) is 5. The third kappa shape index (κ3) is 3.33. The Morgan fingerprint density at radius 3 is 2.66 bits per heavy atom. The molecule has 0 bridgehead atoms. The Balaban J connectivity index is 1.72. The molecule has 0 amide bonds. The molecule has 9 heteroatoms. The van der Waals surface area contributed by atoms with Gasteiger partial charge in [-0.15, -0.1) is 0 Å². The first-order chi connectivity index (χ1) is 14.0. The largest absolute Gasteiger partial charge is 0.858 e. The van der Waals surface area contributed by atoms with E-state index in [1.807, 2.05) is 30.3 Å². The molecule has 0 aliphatic carbocycles. The fraction of sp³-hybridized carbons (Fsp3) is 0.150. The topological polar surface area (TPSA) is 112 Å². The van der Waals surface area contributed by atoms with Gasteiger partial charge in [-0.25, -0.2) is 14.3 Å². The van der Waals surface area contributed by atoms with Crippen molar-refractivity contribution in [2.45, 2.75) is 6.54 Å². The molecule has 9 nitrogen and oxygen atoms in total. The number of rotatable bonds is 4. The van der Waals surface area contributed by atoms with Crippen LogP contribution in [0, 0.1) is 0 Å². The highest BCUT2D eigenvalue weighted by Gasteiger charge is 2.21. The second kappa shape index (κ2) is 7.19. The van der Waals surface area contributed by atoms with Gasteiger partial charge in [-0.05, 0) is 28.6 Å². The number of imidazole rings is 1. The molecule has 0 atom stereocenters. The van der Waals surface area contributed by atoms with Gasteiger partial charge in [0.2, 0.25) is 5.52 Å². The summed E-state index contributed by atoms with van der Waals surface area (Å²) in [4.78, 5) is 35.8. The highest BCUT2D eigenvalue weighted by atomic mass is 16.3. The van der Waals surface area contributed by atoms with Crippen LogP contribution in [0.25, 0.3) is 17.1 Å². The Morgan fingerprint density at radius 1 is 1.14 bits per heavy atom. The highest BCUT2D eigenvalue weighted by molar-refractivity contribution is 5.89. The molecule has 1 aromatic carbocycles. The Kier molecular flexibility index (Phi) is 4.55. The van der Waals surface area contributed by atoms with Gasteiger partial charge in [0, 0.05) is 19.7 Å². The van der Waals surface area contributed by atoms with E-state index in [4.69, 9.17) is 0 Å². The van der Waals surface area contributed by atoms with Crippen molar-refractivity contribution in [1.29, 1.82) is 0 Å². The SMILES string of the molecule is Cn1c(=O)c2[nH]c(-[n+]3cccc(C([O-])=NCc4ccccc4)c3)nc2n(C)c1=O. The lowest BCUT2D eigenvalue weighted by molar-refractivity contribution is -0.603. The van der Waals surface area contributed by atoms with Crippen molar-refractivity contribution in [2.75, 3.05) is 0 Å². The predicted molar refractivity (Wildman–Crippen MR) is 105 cm³/mol. The molecule has 3 heterocycles. The van der Waals surface area contributed by atoms with Crippen LogP contribution in [-0.4, -0.2) is 25.0 Å². The molecule has 4 aromatic rings. The minimum atomic E-state index is -0.465. The van der Waals surface area contributed by atoms with Crippen LogP contribution in [0.4, 0.5) is 0 Å². The van der Waals surface area contributed by atoms with Crippen molar-refractivity contribution in [3.8, 4) is 5.95 Å². The minimum absolute atomic E-state index is 0.211. The molecule has 0 unspecified atom stereocenters. The van der Waals surface area contributed by atoms with Crippen LogP contribution in [0.15, 0.2) is 69.4 Å². The number of aryl methyl sites for hydroxylation is 1. The van der Waals surface area contributed by atoms with Crippen molar-refractivity contribution < 1.29 is 9.67 Å². The lowest BCUT2D eigenvalue weighted by Gasteiger charge is -2.10. The maximum atomic E-state index is 12.5. The molecule has 0 aliphatic heterocycles. The molecule has 0 aliphatic rings. The third-order valence-electron chi connectivity index (χ3n) is 4.62. The standard InChI is InChI=1S/C20H18N6O3/c1-24-16-15(18(28)25(2)20(24)29)22-19(23-16)26-10-6-9-14(12-26)17(27)21-11-13-7-4-3-5-8-13/h3-10,12H,11H2,1-2H3,(H-,21,22,23,27,28). The van der Waals surface area contributed by atoms with Gasteiger partial charge in [-0.2, -0.15) is 0 Å². The second-order valence-electron chi connectivity index (χ2n) is 6.57. The summed E-state index contributed by atoms with van der Waals surface area (Å²) >= 11 is 0. The summed E-state index contributed by atoms with van der Waals surface area (Å²) in [7, 11) is 2.95. The number of benzene rings is 1. The molecule has 0 fully saturated rings. The second-order valence-corrected chi connectivity index (χ2v) is 6.57. The van der Waals surface area contributed by atoms with E-state index < -0.39 is 11.2 Å². The number of aromatic nitrogens is 5. The molecular weight excluding hydrogens is 372 g/mol. The van der Waals surface area contributed by atoms with Gasteiger partial charge in [0.25, 0.3) is 11.2 Å². The summed E-state index contributed by atoms with van der Waals surface area (Å²) in [5.41, 5.74) is 0.847. The molecule has 29 heavy (non-hydrogen) atoms. The number of nitrogens with one attached hydrogen (secondary N) is 1. The Hall–Kier alpha value is -4.01. The van der Waals surface area contributed by atoms with Crippen molar-refractivity contribution in [3.05, 3.63) is 86.8 Å². The van der Waals surface area contributed by atoms with Crippen molar-refractivity contribution in [1.82, 2.24) is 19.1 Å². The van der Waals surface area contributed by atoms with Crippen molar-refractivity contribution in [3.63, 3.8) is 0 Å². The molecular formula is C20H18N6O3. The van der Waals surface area contributed by atoms with Gasteiger partial charge in [0.1, 0.15) is 0 Å². The molecule has 0 saturated carbocycles. The van der Waals surface area contributed by atoms with E-state index in [-0.39, 0.29) is 23.6 Å². The number of aromatic amines is 1. The van der Waals surface area contributed by atoms with E-state index in [0.717, 1.165) is 10.1 Å². The van der Waals surface area contributed by atoms with Gasteiger partial charge in [-0.3, -0.25) is 18.9 Å². The van der Waals surface area contributed by atoms with E-state index in [2.05, 4.69) is 15.0 Å².